The molecule has 0 amide bonds. The van der Waals surface area contributed by atoms with Crippen molar-refractivity contribution in [2.24, 2.45) is 0 Å². The predicted molar refractivity (Wildman–Crippen MR) is 52.4 cm³/mol. The molecular formula is C10H15NO3. The first-order valence-corrected chi connectivity index (χ1v) is 4.71. The van der Waals surface area contributed by atoms with Crippen molar-refractivity contribution in [3.05, 3.63) is 23.7 Å². The SMILES string of the molecule is CCCNC(C)c1ccc(C(=O)O)o1. The lowest BCUT2D eigenvalue weighted by atomic mass is 10.2. The Kier molecular flexibility index (Phi) is 3.71. The number of carbonyl (C=O) groups is 1. The van der Waals surface area contributed by atoms with Gasteiger partial charge in [0.2, 0.25) is 5.76 Å². The van der Waals surface area contributed by atoms with Gasteiger partial charge in [0, 0.05) is 0 Å². The summed E-state index contributed by atoms with van der Waals surface area (Å²) in [4.78, 5) is 10.5. The zero-order valence-corrected chi connectivity index (χ0v) is 8.41. The number of aromatic carboxylic acids is 1. The Labute approximate surface area is 82.9 Å². The molecule has 1 aromatic rings. The maximum absolute atomic E-state index is 10.5. The van der Waals surface area contributed by atoms with Crippen molar-refractivity contribution in [1.82, 2.24) is 5.32 Å². The van der Waals surface area contributed by atoms with Gasteiger partial charge in [-0.3, -0.25) is 0 Å². The lowest BCUT2D eigenvalue weighted by Gasteiger charge is -2.09. The largest absolute Gasteiger partial charge is 0.475 e. The van der Waals surface area contributed by atoms with Crippen molar-refractivity contribution in [3.8, 4) is 0 Å². The average molecular weight is 197 g/mol. The minimum absolute atomic E-state index is 0.00912. The highest BCUT2D eigenvalue weighted by atomic mass is 16.4. The molecule has 1 atom stereocenters. The van der Waals surface area contributed by atoms with E-state index >= 15 is 0 Å². The summed E-state index contributed by atoms with van der Waals surface area (Å²) in [5.74, 6) is -0.375. The van der Waals surface area contributed by atoms with Gasteiger partial charge in [0.05, 0.1) is 6.04 Å². The molecule has 1 heterocycles. The van der Waals surface area contributed by atoms with Crippen LogP contribution in [-0.2, 0) is 0 Å². The molecule has 78 valence electrons. The second kappa shape index (κ2) is 4.81. The molecule has 0 fully saturated rings. The van der Waals surface area contributed by atoms with Crippen LogP contribution < -0.4 is 5.32 Å². The molecule has 0 aromatic carbocycles. The zero-order chi connectivity index (χ0) is 10.6. The first-order chi connectivity index (χ1) is 6.65. The quantitative estimate of drug-likeness (QED) is 0.758. The average Bonchev–Trinajstić information content (AvgIpc) is 2.62. The standard InChI is InChI=1S/C10H15NO3/c1-3-6-11-7(2)8-4-5-9(14-8)10(12)13/h4-5,7,11H,3,6H2,1-2H3,(H,12,13). The van der Waals surface area contributed by atoms with Crippen molar-refractivity contribution >= 4 is 5.97 Å². The molecule has 0 saturated heterocycles. The van der Waals surface area contributed by atoms with Crippen molar-refractivity contribution < 1.29 is 14.3 Å². The highest BCUT2D eigenvalue weighted by Gasteiger charge is 2.12. The van der Waals surface area contributed by atoms with E-state index in [1.165, 1.54) is 6.07 Å². The summed E-state index contributed by atoms with van der Waals surface area (Å²) in [7, 11) is 0. The van der Waals surface area contributed by atoms with E-state index < -0.39 is 5.97 Å². The van der Waals surface area contributed by atoms with Crippen molar-refractivity contribution in [3.63, 3.8) is 0 Å². The molecule has 2 N–H and O–H groups in total. The van der Waals surface area contributed by atoms with Crippen LogP contribution >= 0.6 is 0 Å². The Morgan fingerprint density at radius 1 is 1.64 bits per heavy atom. The lowest BCUT2D eigenvalue weighted by Crippen LogP contribution is -2.18. The Bertz CT molecular complexity index is 306. The van der Waals surface area contributed by atoms with E-state index in [-0.39, 0.29) is 11.8 Å². The molecular weight excluding hydrogens is 182 g/mol. The first kappa shape index (κ1) is 10.8. The van der Waals surface area contributed by atoms with Crippen LogP contribution in [0.5, 0.6) is 0 Å². The predicted octanol–water partition coefficient (Wildman–Crippen LogP) is 2.04. The first-order valence-electron chi connectivity index (χ1n) is 4.71. The molecule has 4 nitrogen and oxygen atoms in total. The fourth-order valence-corrected chi connectivity index (χ4v) is 1.16. The summed E-state index contributed by atoms with van der Waals surface area (Å²) in [6, 6.07) is 3.22. The summed E-state index contributed by atoms with van der Waals surface area (Å²) in [5.41, 5.74) is 0. The number of carboxylic acids is 1. The van der Waals surface area contributed by atoms with Crippen LogP contribution in [-0.4, -0.2) is 17.6 Å². The van der Waals surface area contributed by atoms with Gasteiger partial charge in [0.25, 0.3) is 0 Å². The van der Waals surface area contributed by atoms with Gasteiger partial charge in [0.15, 0.2) is 0 Å². The molecule has 4 heteroatoms. The monoisotopic (exact) mass is 197 g/mol. The molecule has 0 bridgehead atoms. The summed E-state index contributed by atoms with van der Waals surface area (Å²) in [5, 5.41) is 11.9. The summed E-state index contributed by atoms with van der Waals surface area (Å²) < 4.78 is 5.14. The second-order valence-corrected chi connectivity index (χ2v) is 3.18. The van der Waals surface area contributed by atoms with E-state index in [0.29, 0.717) is 5.76 Å². The number of hydrogen-bond acceptors (Lipinski definition) is 3. The van der Waals surface area contributed by atoms with Crippen LogP contribution in [0.3, 0.4) is 0 Å². The molecule has 1 unspecified atom stereocenters. The molecule has 0 aliphatic rings. The number of hydrogen-bond donors (Lipinski definition) is 2. The van der Waals surface area contributed by atoms with Crippen LogP contribution in [0.1, 0.15) is 42.6 Å². The number of rotatable bonds is 5. The van der Waals surface area contributed by atoms with Gasteiger partial charge < -0.3 is 14.8 Å². The maximum Gasteiger partial charge on any atom is 0.371 e. The normalized spacial score (nSPS) is 12.7. The molecule has 0 aliphatic carbocycles. The topological polar surface area (TPSA) is 62.5 Å². The Morgan fingerprint density at radius 3 is 2.86 bits per heavy atom. The third-order valence-corrected chi connectivity index (χ3v) is 1.96. The molecule has 0 radical (unpaired) electrons. The van der Waals surface area contributed by atoms with E-state index in [1.54, 1.807) is 6.07 Å². The minimum atomic E-state index is -1.03. The van der Waals surface area contributed by atoms with Crippen LogP contribution in [0.4, 0.5) is 0 Å². The van der Waals surface area contributed by atoms with Gasteiger partial charge >= 0.3 is 5.97 Å². The van der Waals surface area contributed by atoms with E-state index in [9.17, 15) is 4.79 Å². The highest BCUT2D eigenvalue weighted by molar-refractivity contribution is 5.84. The summed E-state index contributed by atoms with van der Waals surface area (Å²) in [6.07, 6.45) is 1.04. The fraction of sp³-hybridized carbons (Fsp3) is 0.500. The van der Waals surface area contributed by atoms with Gasteiger partial charge in [-0.15, -0.1) is 0 Å². The highest BCUT2D eigenvalue weighted by Crippen LogP contribution is 2.15. The molecule has 14 heavy (non-hydrogen) atoms. The van der Waals surface area contributed by atoms with E-state index in [4.69, 9.17) is 9.52 Å². The van der Waals surface area contributed by atoms with Crippen molar-refractivity contribution in [2.75, 3.05) is 6.54 Å². The van der Waals surface area contributed by atoms with Crippen LogP contribution in [0.25, 0.3) is 0 Å². The van der Waals surface area contributed by atoms with Gasteiger partial charge in [-0.05, 0) is 32.0 Å². The number of carboxylic acid groups (broad SMARTS) is 1. The molecule has 0 aliphatic heterocycles. The number of furan rings is 1. The molecule has 0 spiro atoms. The Balaban J connectivity index is 2.61. The Morgan fingerprint density at radius 2 is 2.36 bits per heavy atom. The lowest BCUT2D eigenvalue weighted by molar-refractivity contribution is 0.0659. The second-order valence-electron chi connectivity index (χ2n) is 3.18. The van der Waals surface area contributed by atoms with E-state index in [1.807, 2.05) is 6.92 Å². The third kappa shape index (κ3) is 2.60. The fourth-order valence-electron chi connectivity index (χ4n) is 1.16. The third-order valence-electron chi connectivity index (χ3n) is 1.96. The van der Waals surface area contributed by atoms with Crippen molar-refractivity contribution in [1.29, 1.82) is 0 Å². The number of nitrogens with one attached hydrogen (secondary N) is 1. The van der Waals surface area contributed by atoms with Crippen LogP contribution in [0.2, 0.25) is 0 Å². The minimum Gasteiger partial charge on any atom is -0.475 e. The summed E-state index contributed by atoms with van der Waals surface area (Å²) in [6.45, 7) is 4.91. The van der Waals surface area contributed by atoms with Gasteiger partial charge in [-0.2, -0.15) is 0 Å². The van der Waals surface area contributed by atoms with E-state index in [0.717, 1.165) is 13.0 Å². The Hall–Kier alpha value is -1.29. The molecule has 1 rings (SSSR count). The summed E-state index contributed by atoms with van der Waals surface area (Å²) >= 11 is 0. The van der Waals surface area contributed by atoms with E-state index in [2.05, 4.69) is 12.2 Å². The molecule has 0 saturated carbocycles. The van der Waals surface area contributed by atoms with Crippen LogP contribution in [0, 0.1) is 0 Å². The smallest absolute Gasteiger partial charge is 0.371 e. The van der Waals surface area contributed by atoms with Gasteiger partial charge in [0.1, 0.15) is 5.76 Å². The molecule has 1 aromatic heterocycles. The van der Waals surface area contributed by atoms with Crippen molar-refractivity contribution in [2.45, 2.75) is 26.3 Å². The van der Waals surface area contributed by atoms with Gasteiger partial charge in [-0.1, -0.05) is 6.92 Å². The van der Waals surface area contributed by atoms with Crippen LogP contribution in [0.15, 0.2) is 16.5 Å². The maximum atomic E-state index is 10.5. The zero-order valence-electron chi connectivity index (χ0n) is 8.41. The van der Waals surface area contributed by atoms with Gasteiger partial charge in [-0.25, -0.2) is 4.79 Å².